The Hall–Kier alpha value is -3.32. The molecule has 0 aliphatic rings. The van der Waals surface area contributed by atoms with Crippen molar-refractivity contribution in [3.63, 3.8) is 0 Å². The molecular weight excluding hydrogens is 390 g/mol. The van der Waals surface area contributed by atoms with Gasteiger partial charge in [0.25, 0.3) is 5.91 Å². The second kappa shape index (κ2) is 9.25. The van der Waals surface area contributed by atoms with Gasteiger partial charge in [-0.3, -0.25) is 4.79 Å². The zero-order valence-corrected chi connectivity index (χ0v) is 17.2. The molecule has 1 N–H and O–H groups in total. The average Bonchev–Trinajstić information content (AvgIpc) is 3.17. The van der Waals surface area contributed by atoms with Crippen LogP contribution in [-0.4, -0.2) is 32.7 Å². The number of carbonyl (C=O) groups is 2. The average molecular weight is 411 g/mol. The third kappa shape index (κ3) is 4.41. The van der Waals surface area contributed by atoms with Crippen LogP contribution in [0.25, 0.3) is 11.1 Å². The molecule has 3 rings (SSSR count). The van der Waals surface area contributed by atoms with E-state index in [1.54, 1.807) is 25.1 Å². The summed E-state index contributed by atoms with van der Waals surface area (Å²) >= 11 is 1.27. The smallest absolute Gasteiger partial charge is 0.341 e. The highest BCUT2D eigenvalue weighted by Gasteiger charge is 2.24. The first-order valence-corrected chi connectivity index (χ1v) is 9.84. The van der Waals surface area contributed by atoms with Crippen molar-refractivity contribution in [2.75, 3.05) is 26.1 Å². The first-order chi connectivity index (χ1) is 14.1. The SMILES string of the molecule is CCOC(=O)c1c(-c2ccccc2)csc1NC(=O)c1ccc(OC)cc1OC. The lowest BCUT2D eigenvalue weighted by Crippen LogP contribution is -2.15. The number of ether oxygens (including phenoxy) is 3. The maximum atomic E-state index is 12.9. The molecule has 1 aromatic heterocycles. The van der Waals surface area contributed by atoms with E-state index in [4.69, 9.17) is 14.2 Å². The van der Waals surface area contributed by atoms with Gasteiger partial charge >= 0.3 is 5.97 Å². The molecule has 0 saturated carbocycles. The Morgan fingerprint density at radius 1 is 1.03 bits per heavy atom. The third-order valence-electron chi connectivity index (χ3n) is 4.24. The van der Waals surface area contributed by atoms with Gasteiger partial charge in [-0.05, 0) is 24.6 Å². The van der Waals surface area contributed by atoms with Gasteiger partial charge in [-0.1, -0.05) is 30.3 Å². The van der Waals surface area contributed by atoms with Crippen LogP contribution in [0.4, 0.5) is 5.00 Å². The van der Waals surface area contributed by atoms with E-state index in [9.17, 15) is 9.59 Å². The predicted molar refractivity (Wildman–Crippen MR) is 113 cm³/mol. The number of thiophene rings is 1. The molecule has 2 aromatic carbocycles. The summed E-state index contributed by atoms with van der Waals surface area (Å²) < 4.78 is 15.7. The Balaban J connectivity index is 1.98. The molecule has 0 unspecified atom stereocenters. The van der Waals surface area contributed by atoms with Crippen LogP contribution in [0.3, 0.4) is 0 Å². The van der Waals surface area contributed by atoms with Gasteiger partial charge in [-0.2, -0.15) is 0 Å². The highest BCUT2D eigenvalue weighted by Crippen LogP contribution is 2.37. The molecule has 0 aliphatic heterocycles. The van der Waals surface area contributed by atoms with Crippen molar-refractivity contribution in [1.29, 1.82) is 0 Å². The predicted octanol–water partition coefficient (Wildman–Crippen LogP) is 4.86. The van der Waals surface area contributed by atoms with Crippen LogP contribution >= 0.6 is 11.3 Å². The first kappa shape index (κ1) is 20.4. The van der Waals surface area contributed by atoms with E-state index in [2.05, 4.69) is 5.32 Å². The van der Waals surface area contributed by atoms with Gasteiger partial charge in [0.15, 0.2) is 0 Å². The van der Waals surface area contributed by atoms with Crippen LogP contribution in [0.1, 0.15) is 27.6 Å². The summed E-state index contributed by atoms with van der Waals surface area (Å²) in [4.78, 5) is 25.5. The van der Waals surface area contributed by atoms with Gasteiger partial charge in [0.1, 0.15) is 22.1 Å². The molecule has 6 nitrogen and oxygen atoms in total. The summed E-state index contributed by atoms with van der Waals surface area (Å²) in [5.41, 5.74) is 2.25. The Labute approximate surface area is 173 Å². The number of rotatable bonds is 7. The monoisotopic (exact) mass is 411 g/mol. The number of nitrogens with one attached hydrogen (secondary N) is 1. The fourth-order valence-corrected chi connectivity index (χ4v) is 3.79. The van der Waals surface area contributed by atoms with E-state index in [0.717, 1.165) is 5.56 Å². The van der Waals surface area contributed by atoms with Crippen LogP contribution in [0.2, 0.25) is 0 Å². The minimum absolute atomic E-state index is 0.239. The lowest BCUT2D eigenvalue weighted by Gasteiger charge is -2.12. The van der Waals surface area contributed by atoms with Gasteiger partial charge < -0.3 is 19.5 Å². The second-order valence-corrected chi connectivity index (χ2v) is 6.84. The van der Waals surface area contributed by atoms with Gasteiger partial charge in [-0.25, -0.2) is 4.79 Å². The Kier molecular flexibility index (Phi) is 6.51. The van der Waals surface area contributed by atoms with Crippen molar-refractivity contribution < 1.29 is 23.8 Å². The van der Waals surface area contributed by atoms with Crippen LogP contribution in [-0.2, 0) is 4.74 Å². The molecule has 3 aromatic rings. The Bertz CT molecular complexity index is 1010. The fraction of sp³-hybridized carbons (Fsp3) is 0.182. The van der Waals surface area contributed by atoms with Crippen LogP contribution in [0.15, 0.2) is 53.9 Å². The maximum absolute atomic E-state index is 12.9. The molecule has 0 radical (unpaired) electrons. The van der Waals surface area contributed by atoms with E-state index in [0.29, 0.717) is 33.2 Å². The summed E-state index contributed by atoms with van der Waals surface area (Å²) in [6.07, 6.45) is 0. The first-order valence-electron chi connectivity index (χ1n) is 8.96. The number of benzene rings is 2. The van der Waals surface area contributed by atoms with E-state index >= 15 is 0 Å². The summed E-state index contributed by atoms with van der Waals surface area (Å²) in [6, 6.07) is 14.4. The molecule has 150 valence electrons. The molecule has 1 heterocycles. The summed E-state index contributed by atoms with van der Waals surface area (Å²) in [7, 11) is 3.02. The minimum Gasteiger partial charge on any atom is -0.497 e. The van der Waals surface area contributed by atoms with Crippen molar-refractivity contribution in [2.45, 2.75) is 6.92 Å². The fourth-order valence-electron chi connectivity index (χ4n) is 2.84. The number of amides is 1. The van der Waals surface area contributed by atoms with Gasteiger partial charge in [0.05, 0.1) is 26.4 Å². The second-order valence-electron chi connectivity index (χ2n) is 5.96. The van der Waals surface area contributed by atoms with E-state index in [1.807, 2.05) is 35.7 Å². The van der Waals surface area contributed by atoms with Gasteiger partial charge in [-0.15, -0.1) is 11.3 Å². The summed E-state index contributed by atoms with van der Waals surface area (Å²) in [5.74, 6) is 0.0774. The van der Waals surface area contributed by atoms with Crippen molar-refractivity contribution >= 4 is 28.2 Å². The molecule has 7 heteroatoms. The van der Waals surface area contributed by atoms with Crippen molar-refractivity contribution in [3.05, 3.63) is 65.0 Å². The maximum Gasteiger partial charge on any atom is 0.341 e. The molecule has 0 bridgehead atoms. The van der Waals surface area contributed by atoms with Crippen LogP contribution < -0.4 is 14.8 Å². The molecular formula is C22H21NO5S. The molecule has 0 spiro atoms. The number of anilines is 1. The summed E-state index contributed by atoms with van der Waals surface area (Å²) in [6.45, 7) is 1.98. The number of hydrogen-bond acceptors (Lipinski definition) is 6. The molecule has 0 saturated heterocycles. The molecule has 0 aliphatic carbocycles. The quantitative estimate of drug-likeness (QED) is 0.562. The highest BCUT2D eigenvalue weighted by molar-refractivity contribution is 7.15. The van der Waals surface area contributed by atoms with Crippen molar-refractivity contribution in [2.24, 2.45) is 0 Å². The van der Waals surface area contributed by atoms with Gasteiger partial charge in [0, 0.05) is 17.0 Å². The molecule has 29 heavy (non-hydrogen) atoms. The van der Waals surface area contributed by atoms with Gasteiger partial charge in [0.2, 0.25) is 0 Å². The zero-order valence-electron chi connectivity index (χ0n) is 16.4. The number of methoxy groups -OCH3 is 2. The lowest BCUT2D eigenvalue weighted by molar-refractivity contribution is 0.0529. The third-order valence-corrected chi connectivity index (χ3v) is 5.13. The Morgan fingerprint density at radius 3 is 2.45 bits per heavy atom. The zero-order chi connectivity index (χ0) is 20.8. The molecule has 0 fully saturated rings. The Morgan fingerprint density at radius 2 is 1.79 bits per heavy atom. The van der Waals surface area contributed by atoms with Crippen molar-refractivity contribution in [1.82, 2.24) is 0 Å². The van der Waals surface area contributed by atoms with E-state index in [-0.39, 0.29) is 6.61 Å². The highest BCUT2D eigenvalue weighted by atomic mass is 32.1. The topological polar surface area (TPSA) is 73.9 Å². The minimum atomic E-state index is -0.482. The van der Waals surface area contributed by atoms with E-state index < -0.39 is 11.9 Å². The largest absolute Gasteiger partial charge is 0.497 e. The van der Waals surface area contributed by atoms with Crippen LogP contribution in [0.5, 0.6) is 11.5 Å². The molecule has 0 atom stereocenters. The lowest BCUT2D eigenvalue weighted by atomic mass is 10.0. The van der Waals surface area contributed by atoms with Crippen molar-refractivity contribution in [3.8, 4) is 22.6 Å². The standard InChI is InChI=1S/C22H21NO5S/c1-4-28-22(25)19-17(14-8-6-5-7-9-14)13-29-21(19)23-20(24)16-11-10-15(26-2)12-18(16)27-3/h5-13H,4H2,1-3H3,(H,23,24). The number of esters is 1. The van der Waals surface area contributed by atoms with Crippen LogP contribution in [0, 0.1) is 0 Å². The summed E-state index contributed by atoms with van der Waals surface area (Å²) in [5, 5.41) is 5.08. The van der Waals surface area contributed by atoms with E-state index in [1.165, 1.54) is 25.6 Å². The number of carbonyl (C=O) groups excluding carboxylic acids is 2. The molecule has 1 amide bonds. The normalized spacial score (nSPS) is 10.3. The number of hydrogen-bond donors (Lipinski definition) is 1.